The molecular formula is C14H19N3O3. The molecule has 0 saturated heterocycles. The monoisotopic (exact) mass is 277 g/mol. The van der Waals surface area contributed by atoms with Crippen molar-refractivity contribution in [2.45, 2.75) is 39.8 Å². The van der Waals surface area contributed by atoms with Gasteiger partial charge in [-0.2, -0.15) is 0 Å². The molecule has 2 aromatic rings. The molecule has 1 amide bonds. The number of nitrogens with zero attached hydrogens (tertiary/aromatic N) is 1. The summed E-state index contributed by atoms with van der Waals surface area (Å²) in [6.07, 6.45) is 2.09. The summed E-state index contributed by atoms with van der Waals surface area (Å²) < 4.78 is 10.3. The van der Waals surface area contributed by atoms with Crippen LogP contribution in [0.2, 0.25) is 0 Å². The van der Waals surface area contributed by atoms with Crippen LogP contribution in [0.3, 0.4) is 0 Å². The normalized spacial score (nSPS) is 12.4. The van der Waals surface area contributed by atoms with E-state index in [9.17, 15) is 4.79 Å². The van der Waals surface area contributed by atoms with Crippen LogP contribution in [0.4, 0.5) is 0 Å². The van der Waals surface area contributed by atoms with Crippen LogP contribution in [0.5, 0.6) is 0 Å². The molecule has 1 unspecified atom stereocenters. The molecule has 0 bridgehead atoms. The van der Waals surface area contributed by atoms with Gasteiger partial charge >= 0.3 is 0 Å². The first-order valence-corrected chi connectivity index (χ1v) is 6.51. The highest BCUT2D eigenvalue weighted by Crippen LogP contribution is 2.15. The van der Waals surface area contributed by atoms with Crippen molar-refractivity contribution in [3.05, 3.63) is 40.7 Å². The molecule has 2 aromatic heterocycles. The van der Waals surface area contributed by atoms with Crippen LogP contribution in [0, 0.1) is 13.8 Å². The summed E-state index contributed by atoms with van der Waals surface area (Å²) in [6, 6.07) is 1.62. The van der Waals surface area contributed by atoms with Gasteiger partial charge in [0.25, 0.3) is 5.91 Å². The summed E-state index contributed by atoms with van der Waals surface area (Å²) in [7, 11) is 0. The van der Waals surface area contributed by atoms with E-state index >= 15 is 0 Å². The Bertz CT molecular complexity index is 581. The second kappa shape index (κ2) is 5.92. The molecule has 6 heteroatoms. The van der Waals surface area contributed by atoms with E-state index in [1.54, 1.807) is 6.07 Å². The van der Waals surface area contributed by atoms with E-state index in [1.165, 1.54) is 6.26 Å². The standard InChI is InChI=1S/C14H19N3O3/c1-8(4-13-9(2)17-20-10(13)3)16-14(18)11-5-12(6-15)19-7-11/h5,7-8H,4,6,15H2,1-3H3,(H,16,18). The van der Waals surface area contributed by atoms with Crippen molar-refractivity contribution in [1.29, 1.82) is 0 Å². The number of hydrogen-bond acceptors (Lipinski definition) is 5. The van der Waals surface area contributed by atoms with Crippen molar-refractivity contribution in [3.63, 3.8) is 0 Å². The third-order valence-corrected chi connectivity index (χ3v) is 3.19. The van der Waals surface area contributed by atoms with E-state index in [0.717, 1.165) is 17.0 Å². The Morgan fingerprint density at radius 1 is 1.50 bits per heavy atom. The zero-order chi connectivity index (χ0) is 14.7. The fraction of sp³-hybridized carbons (Fsp3) is 0.429. The van der Waals surface area contributed by atoms with Gasteiger partial charge in [-0.25, -0.2) is 0 Å². The Kier molecular flexibility index (Phi) is 4.24. The van der Waals surface area contributed by atoms with Crippen LogP contribution in [0.25, 0.3) is 0 Å². The Labute approximate surface area is 117 Å². The highest BCUT2D eigenvalue weighted by molar-refractivity contribution is 5.94. The first-order chi connectivity index (χ1) is 9.51. The van der Waals surface area contributed by atoms with E-state index in [-0.39, 0.29) is 18.5 Å². The lowest BCUT2D eigenvalue weighted by Gasteiger charge is -2.12. The number of rotatable bonds is 5. The molecule has 6 nitrogen and oxygen atoms in total. The summed E-state index contributed by atoms with van der Waals surface area (Å²) in [5.74, 6) is 1.21. The number of hydrogen-bond donors (Lipinski definition) is 2. The number of furan rings is 1. The third kappa shape index (κ3) is 3.08. The van der Waals surface area contributed by atoms with Crippen LogP contribution in [0.1, 0.15) is 40.1 Å². The number of carbonyl (C=O) groups is 1. The molecule has 1 atom stereocenters. The van der Waals surface area contributed by atoms with Gasteiger partial charge in [-0.1, -0.05) is 5.16 Å². The van der Waals surface area contributed by atoms with E-state index in [2.05, 4.69) is 10.5 Å². The fourth-order valence-electron chi connectivity index (χ4n) is 2.06. The topological polar surface area (TPSA) is 94.3 Å². The minimum absolute atomic E-state index is 0.0319. The van der Waals surface area contributed by atoms with Crippen molar-refractivity contribution in [3.8, 4) is 0 Å². The summed E-state index contributed by atoms with van der Waals surface area (Å²) in [6.45, 7) is 5.98. The number of nitrogens with two attached hydrogens (primary N) is 1. The highest BCUT2D eigenvalue weighted by atomic mass is 16.5. The molecule has 3 N–H and O–H groups in total. The highest BCUT2D eigenvalue weighted by Gasteiger charge is 2.16. The second-order valence-corrected chi connectivity index (χ2v) is 4.89. The van der Waals surface area contributed by atoms with Gasteiger partial charge in [0, 0.05) is 11.6 Å². The van der Waals surface area contributed by atoms with Crippen LogP contribution in [-0.2, 0) is 13.0 Å². The third-order valence-electron chi connectivity index (χ3n) is 3.19. The van der Waals surface area contributed by atoms with E-state index in [1.807, 2.05) is 20.8 Å². The molecule has 0 aliphatic carbocycles. The molecule has 0 aliphatic heterocycles. The van der Waals surface area contributed by atoms with Gasteiger partial charge in [-0.15, -0.1) is 0 Å². The molecular weight excluding hydrogens is 258 g/mol. The second-order valence-electron chi connectivity index (χ2n) is 4.89. The fourth-order valence-corrected chi connectivity index (χ4v) is 2.06. The minimum Gasteiger partial charge on any atom is -0.467 e. The summed E-state index contributed by atoms with van der Waals surface area (Å²) in [5, 5.41) is 6.82. The Morgan fingerprint density at radius 3 is 2.80 bits per heavy atom. The Hall–Kier alpha value is -2.08. The maximum Gasteiger partial charge on any atom is 0.254 e. The lowest BCUT2D eigenvalue weighted by Crippen LogP contribution is -2.34. The molecule has 0 spiro atoms. The average Bonchev–Trinajstić information content (AvgIpc) is 3.00. The van der Waals surface area contributed by atoms with Gasteiger partial charge in [-0.05, 0) is 33.3 Å². The molecule has 0 radical (unpaired) electrons. The van der Waals surface area contributed by atoms with Gasteiger partial charge in [0.05, 0.1) is 17.8 Å². The largest absolute Gasteiger partial charge is 0.467 e. The molecule has 20 heavy (non-hydrogen) atoms. The molecule has 108 valence electrons. The molecule has 0 aromatic carbocycles. The van der Waals surface area contributed by atoms with Crippen molar-refractivity contribution in [2.24, 2.45) is 5.73 Å². The summed E-state index contributed by atoms with van der Waals surface area (Å²) in [5.41, 5.74) is 7.82. The maximum absolute atomic E-state index is 12.0. The number of aryl methyl sites for hydroxylation is 2. The van der Waals surface area contributed by atoms with Crippen LogP contribution < -0.4 is 11.1 Å². The Balaban J connectivity index is 1.97. The smallest absolute Gasteiger partial charge is 0.254 e. The Morgan fingerprint density at radius 2 is 2.25 bits per heavy atom. The molecule has 0 saturated carbocycles. The number of aromatic nitrogens is 1. The van der Waals surface area contributed by atoms with Gasteiger partial charge < -0.3 is 20.0 Å². The van der Waals surface area contributed by atoms with Crippen molar-refractivity contribution in [2.75, 3.05) is 0 Å². The van der Waals surface area contributed by atoms with E-state index in [0.29, 0.717) is 17.7 Å². The van der Waals surface area contributed by atoms with Crippen molar-refractivity contribution in [1.82, 2.24) is 10.5 Å². The van der Waals surface area contributed by atoms with Crippen molar-refractivity contribution >= 4 is 5.91 Å². The predicted octanol–water partition coefficient (Wildman–Crippen LogP) is 1.70. The van der Waals surface area contributed by atoms with Crippen LogP contribution >= 0.6 is 0 Å². The number of carbonyl (C=O) groups excluding carboxylic acids is 1. The van der Waals surface area contributed by atoms with Crippen LogP contribution in [-0.4, -0.2) is 17.1 Å². The molecule has 2 heterocycles. The lowest BCUT2D eigenvalue weighted by molar-refractivity contribution is 0.0939. The van der Waals surface area contributed by atoms with E-state index < -0.39 is 0 Å². The summed E-state index contributed by atoms with van der Waals surface area (Å²) >= 11 is 0. The van der Waals surface area contributed by atoms with Gasteiger partial charge in [-0.3, -0.25) is 4.79 Å². The predicted molar refractivity (Wildman–Crippen MR) is 73.2 cm³/mol. The van der Waals surface area contributed by atoms with E-state index in [4.69, 9.17) is 14.7 Å². The quantitative estimate of drug-likeness (QED) is 0.867. The molecule has 0 fully saturated rings. The van der Waals surface area contributed by atoms with Gasteiger partial charge in [0.2, 0.25) is 0 Å². The maximum atomic E-state index is 12.0. The zero-order valence-electron chi connectivity index (χ0n) is 11.9. The minimum atomic E-state index is -0.173. The average molecular weight is 277 g/mol. The van der Waals surface area contributed by atoms with Gasteiger partial charge in [0.1, 0.15) is 17.8 Å². The van der Waals surface area contributed by atoms with Crippen molar-refractivity contribution < 1.29 is 13.7 Å². The SMILES string of the molecule is Cc1noc(C)c1CC(C)NC(=O)c1coc(CN)c1. The van der Waals surface area contributed by atoms with Crippen LogP contribution in [0.15, 0.2) is 21.3 Å². The van der Waals surface area contributed by atoms with Gasteiger partial charge in [0.15, 0.2) is 0 Å². The first-order valence-electron chi connectivity index (χ1n) is 6.51. The summed E-state index contributed by atoms with van der Waals surface area (Å²) in [4.78, 5) is 12.0. The first kappa shape index (κ1) is 14.3. The lowest BCUT2D eigenvalue weighted by atomic mass is 10.1. The number of nitrogens with one attached hydrogen (secondary N) is 1. The number of amides is 1. The molecule has 0 aliphatic rings. The molecule has 2 rings (SSSR count). The zero-order valence-corrected chi connectivity index (χ0v) is 11.9.